The molecule has 1 N–H and O–H groups in total. The van der Waals surface area contributed by atoms with Crippen molar-refractivity contribution in [2.24, 2.45) is 11.8 Å². The maximum absolute atomic E-state index is 10.9. The number of nitro groups is 1. The van der Waals surface area contributed by atoms with E-state index in [1.807, 2.05) is 0 Å². The van der Waals surface area contributed by atoms with Gasteiger partial charge in [-0.05, 0) is 36.8 Å². The second-order valence-corrected chi connectivity index (χ2v) is 5.00. The monoisotopic (exact) mass is 254 g/mol. The van der Waals surface area contributed by atoms with Gasteiger partial charge in [-0.25, -0.2) is 0 Å². The third-order valence-electron chi connectivity index (χ3n) is 3.21. The average Bonchev–Trinajstić information content (AvgIpc) is 3.08. The van der Waals surface area contributed by atoms with Gasteiger partial charge in [0.1, 0.15) is 10.7 Å². The lowest BCUT2D eigenvalue weighted by molar-refractivity contribution is -0.383. The Bertz CT molecular complexity index is 433. The van der Waals surface area contributed by atoms with Crippen molar-refractivity contribution < 1.29 is 4.92 Å². The molecular weight excluding hydrogens is 240 g/mol. The molecule has 4 nitrogen and oxygen atoms in total. The van der Waals surface area contributed by atoms with Gasteiger partial charge in [0, 0.05) is 6.54 Å². The van der Waals surface area contributed by atoms with Crippen LogP contribution in [0.1, 0.15) is 19.8 Å². The average molecular weight is 255 g/mol. The summed E-state index contributed by atoms with van der Waals surface area (Å²) in [5, 5.41) is 14.2. The molecule has 1 unspecified atom stereocenters. The predicted octanol–water partition coefficient (Wildman–Crippen LogP) is 3.71. The second-order valence-electron chi connectivity index (χ2n) is 4.59. The van der Waals surface area contributed by atoms with Crippen LogP contribution in [0.5, 0.6) is 0 Å². The topological polar surface area (TPSA) is 55.2 Å². The number of halogens is 1. The third kappa shape index (κ3) is 2.88. The summed E-state index contributed by atoms with van der Waals surface area (Å²) >= 11 is 5.83. The summed E-state index contributed by atoms with van der Waals surface area (Å²) in [7, 11) is 0. The van der Waals surface area contributed by atoms with E-state index in [2.05, 4.69) is 12.2 Å². The number of nitro benzene ring substituents is 1. The minimum Gasteiger partial charge on any atom is -0.379 e. The Balaban J connectivity index is 2.08. The van der Waals surface area contributed by atoms with E-state index >= 15 is 0 Å². The molecule has 17 heavy (non-hydrogen) atoms. The molecule has 0 spiro atoms. The number of para-hydroxylation sites is 1. The molecule has 0 aromatic heterocycles. The van der Waals surface area contributed by atoms with E-state index in [4.69, 9.17) is 11.6 Å². The lowest BCUT2D eigenvalue weighted by Gasteiger charge is -2.12. The summed E-state index contributed by atoms with van der Waals surface area (Å²) in [5.41, 5.74) is 0.479. The van der Waals surface area contributed by atoms with Crippen molar-refractivity contribution >= 4 is 23.0 Å². The number of benzene rings is 1. The molecule has 0 radical (unpaired) electrons. The Morgan fingerprint density at radius 1 is 1.59 bits per heavy atom. The van der Waals surface area contributed by atoms with E-state index in [0.717, 1.165) is 12.5 Å². The van der Waals surface area contributed by atoms with Crippen molar-refractivity contribution in [2.45, 2.75) is 19.8 Å². The van der Waals surface area contributed by atoms with Crippen LogP contribution in [0.2, 0.25) is 5.02 Å². The number of hydrogen-bond donors (Lipinski definition) is 1. The largest absolute Gasteiger partial charge is 0.379 e. The first-order valence-corrected chi connectivity index (χ1v) is 6.14. The van der Waals surface area contributed by atoms with Crippen LogP contribution < -0.4 is 5.32 Å². The summed E-state index contributed by atoms with van der Waals surface area (Å²) in [6.45, 7) is 2.92. The fraction of sp³-hybridized carbons (Fsp3) is 0.500. The van der Waals surface area contributed by atoms with Crippen LogP contribution in [-0.2, 0) is 0 Å². The lowest BCUT2D eigenvalue weighted by atomic mass is 10.1. The molecule has 0 saturated heterocycles. The van der Waals surface area contributed by atoms with E-state index < -0.39 is 4.92 Å². The SMILES string of the molecule is CC(CNc1cccc(Cl)c1[N+](=O)[O-])C1CC1. The van der Waals surface area contributed by atoms with E-state index in [0.29, 0.717) is 11.6 Å². The zero-order valence-corrected chi connectivity index (χ0v) is 10.4. The Labute approximate surface area is 105 Å². The highest BCUT2D eigenvalue weighted by Gasteiger charge is 2.28. The molecule has 0 bridgehead atoms. The molecule has 1 fully saturated rings. The molecule has 1 aromatic rings. The normalized spacial score (nSPS) is 16.6. The molecule has 1 aromatic carbocycles. The van der Waals surface area contributed by atoms with Crippen molar-refractivity contribution in [2.75, 3.05) is 11.9 Å². The second kappa shape index (κ2) is 4.92. The fourth-order valence-electron chi connectivity index (χ4n) is 1.95. The maximum Gasteiger partial charge on any atom is 0.310 e. The summed E-state index contributed by atoms with van der Waals surface area (Å²) in [4.78, 5) is 10.5. The van der Waals surface area contributed by atoms with E-state index in [9.17, 15) is 10.1 Å². The van der Waals surface area contributed by atoms with Gasteiger partial charge < -0.3 is 5.32 Å². The van der Waals surface area contributed by atoms with E-state index in [1.165, 1.54) is 18.9 Å². The third-order valence-corrected chi connectivity index (χ3v) is 3.52. The van der Waals surface area contributed by atoms with Gasteiger partial charge in [-0.1, -0.05) is 24.6 Å². The zero-order valence-electron chi connectivity index (χ0n) is 9.65. The molecule has 0 amide bonds. The van der Waals surface area contributed by atoms with Crippen molar-refractivity contribution in [3.05, 3.63) is 33.3 Å². The Hall–Kier alpha value is -1.29. The van der Waals surface area contributed by atoms with Gasteiger partial charge in [0.05, 0.1) is 4.92 Å². The quantitative estimate of drug-likeness (QED) is 0.644. The molecule has 1 atom stereocenters. The summed E-state index contributed by atoms with van der Waals surface area (Å²) < 4.78 is 0. The first-order valence-electron chi connectivity index (χ1n) is 5.76. The lowest BCUT2D eigenvalue weighted by Crippen LogP contribution is -2.13. The van der Waals surface area contributed by atoms with Crippen LogP contribution in [0.15, 0.2) is 18.2 Å². The van der Waals surface area contributed by atoms with Crippen molar-refractivity contribution in [3.63, 3.8) is 0 Å². The van der Waals surface area contributed by atoms with Crippen molar-refractivity contribution in [1.29, 1.82) is 0 Å². The highest BCUT2D eigenvalue weighted by molar-refractivity contribution is 6.33. The number of nitrogens with one attached hydrogen (secondary N) is 1. The van der Waals surface area contributed by atoms with Crippen LogP contribution in [0, 0.1) is 22.0 Å². The van der Waals surface area contributed by atoms with Crippen LogP contribution in [0.25, 0.3) is 0 Å². The predicted molar refractivity (Wildman–Crippen MR) is 68.5 cm³/mol. The summed E-state index contributed by atoms with van der Waals surface area (Å²) in [6.07, 6.45) is 2.56. The van der Waals surface area contributed by atoms with Gasteiger partial charge >= 0.3 is 5.69 Å². The Morgan fingerprint density at radius 3 is 2.88 bits per heavy atom. The maximum atomic E-state index is 10.9. The van der Waals surface area contributed by atoms with Crippen molar-refractivity contribution in [1.82, 2.24) is 0 Å². The minimum atomic E-state index is -0.438. The molecule has 2 rings (SSSR count). The minimum absolute atomic E-state index is 0.0304. The molecule has 1 saturated carbocycles. The Kier molecular flexibility index (Phi) is 3.52. The molecule has 1 aliphatic carbocycles. The van der Waals surface area contributed by atoms with E-state index in [-0.39, 0.29) is 10.7 Å². The van der Waals surface area contributed by atoms with Gasteiger partial charge in [-0.3, -0.25) is 10.1 Å². The first-order chi connectivity index (χ1) is 8.09. The molecular formula is C12H15ClN2O2. The van der Waals surface area contributed by atoms with Gasteiger partial charge in [0.15, 0.2) is 0 Å². The molecule has 5 heteroatoms. The van der Waals surface area contributed by atoms with Crippen LogP contribution in [0.4, 0.5) is 11.4 Å². The van der Waals surface area contributed by atoms with Crippen molar-refractivity contribution in [3.8, 4) is 0 Å². The molecule has 1 aliphatic rings. The van der Waals surface area contributed by atoms with Crippen LogP contribution in [0.3, 0.4) is 0 Å². The number of anilines is 1. The molecule has 0 heterocycles. The Morgan fingerprint density at radius 2 is 2.29 bits per heavy atom. The summed E-state index contributed by atoms with van der Waals surface area (Å²) in [5.74, 6) is 1.33. The van der Waals surface area contributed by atoms with Gasteiger partial charge in [-0.2, -0.15) is 0 Å². The highest BCUT2D eigenvalue weighted by atomic mass is 35.5. The zero-order chi connectivity index (χ0) is 12.4. The fourth-order valence-corrected chi connectivity index (χ4v) is 2.19. The number of nitrogens with zero attached hydrogens (tertiary/aromatic N) is 1. The number of rotatable bonds is 5. The van der Waals surface area contributed by atoms with Crippen LogP contribution in [-0.4, -0.2) is 11.5 Å². The smallest absolute Gasteiger partial charge is 0.310 e. The van der Waals surface area contributed by atoms with Crippen LogP contribution >= 0.6 is 11.6 Å². The molecule has 92 valence electrons. The standard InChI is InChI=1S/C12H15ClN2O2/c1-8(9-5-6-9)7-14-11-4-2-3-10(13)12(11)15(16)17/h2-4,8-9,14H,5-7H2,1H3. The highest BCUT2D eigenvalue weighted by Crippen LogP contribution is 2.37. The van der Waals surface area contributed by atoms with Gasteiger partial charge in [0.25, 0.3) is 0 Å². The first kappa shape index (κ1) is 12.2. The number of hydrogen-bond acceptors (Lipinski definition) is 3. The van der Waals surface area contributed by atoms with E-state index in [1.54, 1.807) is 12.1 Å². The molecule has 0 aliphatic heterocycles. The summed E-state index contributed by atoms with van der Waals surface area (Å²) in [6, 6.07) is 4.96. The van der Waals surface area contributed by atoms with Gasteiger partial charge in [-0.15, -0.1) is 0 Å². The van der Waals surface area contributed by atoms with Gasteiger partial charge in [0.2, 0.25) is 0 Å².